The molecule has 0 unspecified atom stereocenters. The third-order valence-corrected chi connectivity index (χ3v) is 3.71. The van der Waals surface area contributed by atoms with Crippen molar-refractivity contribution < 1.29 is 14.3 Å². The molecule has 1 aromatic carbocycles. The zero-order valence-corrected chi connectivity index (χ0v) is 11.7. The lowest BCUT2D eigenvalue weighted by Crippen LogP contribution is -2.34. The first-order valence-corrected chi connectivity index (χ1v) is 6.42. The highest BCUT2D eigenvalue weighted by Gasteiger charge is 2.12. The number of urea groups is 1. The van der Waals surface area contributed by atoms with Gasteiger partial charge < -0.3 is 4.74 Å². The summed E-state index contributed by atoms with van der Waals surface area (Å²) < 4.78 is 5.21. The molecule has 0 atom stereocenters. The van der Waals surface area contributed by atoms with Gasteiger partial charge in [0.15, 0.2) is 5.13 Å². The number of alkyl carbamates (subject to hydrolysis) is 1. The van der Waals surface area contributed by atoms with Crippen molar-refractivity contribution >= 4 is 50.4 Å². The Morgan fingerprint density at radius 1 is 1.42 bits per heavy atom. The summed E-state index contributed by atoms with van der Waals surface area (Å²) in [6, 6.07) is 2.90. The van der Waals surface area contributed by atoms with Crippen LogP contribution >= 0.6 is 22.9 Å². The molecule has 0 spiro atoms. The maximum Gasteiger partial charge on any atom is 0.415 e. The standard InChI is InChI=1S/C11H10ClN3O3S/c1-5-6(12)3-4-7-8(5)13-10(19-7)14-9(16)15-11(17)18-2/h3-4H,1-2H3,(H2,13,14,15,16,17). The average Bonchev–Trinajstić information content (AvgIpc) is 2.77. The number of halogens is 1. The molecule has 0 radical (unpaired) electrons. The smallest absolute Gasteiger partial charge is 0.415 e. The highest BCUT2D eigenvalue weighted by Crippen LogP contribution is 2.31. The van der Waals surface area contributed by atoms with Gasteiger partial charge in [-0.2, -0.15) is 0 Å². The van der Waals surface area contributed by atoms with Gasteiger partial charge in [0.25, 0.3) is 0 Å². The van der Waals surface area contributed by atoms with Crippen molar-refractivity contribution in [3.05, 3.63) is 22.7 Å². The summed E-state index contributed by atoms with van der Waals surface area (Å²) in [7, 11) is 1.17. The average molecular weight is 300 g/mol. The number of carbonyl (C=O) groups excluding carboxylic acids is 2. The van der Waals surface area contributed by atoms with Crippen LogP contribution in [0.2, 0.25) is 5.02 Å². The number of aromatic nitrogens is 1. The Morgan fingerprint density at radius 2 is 2.16 bits per heavy atom. The zero-order chi connectivity index (χ0) is 14.0. The van der Waals surface area contributed by atoms with E-state index < -0.39 is 12.1 Å². The van der Waals surface area contributed by atoms with Crippen molar-refractivity contribution in [1.29, 1.82) is 0 Å². The third kappa shape index (κ3) is 2.94. The van der Waals surface area contributed by atoms with Crippen LogP contribution in [0.15, 0.2) is 12.1 Å². The molecule has 8 heteroatoms. The predicted molar refractivity (Wildman–Crippen MR) is 73.9 cm³/mol. The molecule has 0 fully saturated rings. The van der Waals surface area contributed by atoms with Gasteiger partial charge in [-0.25, -0.2) is 19.9 Å². The van der Waals surface area contributed by atoms with Gasteiger partial charge in [-0.3, -0.25) is 5.32 Å². The molecule has 6 nitrogen and oxygen atoms in total. The van der Waals surface area contributed by atoms with Gasteiger partial charge in [-0.15, -0.1) is 0 Å². The zero-order valence-electron chi connectivity index (χ0n) is 10.1. The summed E-state index contributed by atoms with van der Waals surface area (Å²) in [5.41, 5.74) is 1.57. The van der Waals surface area contributed by atoms with E-state index in [-0.39, 0.29) is 0 Å². The lowest BCUT2D eigenvalue weighted by atomic mass is 10.2. The van der Waals surface area contributed by atoms with E-state index >= 15 is 0 Å². The molecule has 1 heterocycles. The van der Waals surface area contributed by atoms with Gasteiger partial charge in [0.2, 0.25) is 0 Å². The van der Waals surface area contributed by atoms with E-state index in [2.05, 4.69) is 15.0 Å². The number of thiazole rings is 1. The molecule has 2 rings (SSSR count). The second kappa shape index (κ2) is 5.41. The highest BCUT2D eigenvalue weighted by molar-refractivity contribution is 7.22. The van der Waals surface area contributed by atoms with Crippen LogP contribution in [0.4, 0.5) is 14.7 Å². The molecule has 0 saturated carbocycles. The quantitative estimate of drug-likeness (QED) is 0.847. The first kappa shape index (κ1) is 13.6. The van der Waals surface area contributed by atoms with Crippen LogP contribution in [0.3, 0.4) is 0 Å². The molecule has 3 amide bonds. The number of fused-ring (bicyclic) bond motifs is 1. The number of ether oxygens (including phenoxy) is 1. The fourth-order valence-electron chi connectivity index (χ4n) is 1.43. The van der Waals surface area contributed by atoms with Crippen LogP contribution in [0.5, 0.6) is 0 Å². The number of rotatable bonds is 1. The van der Waals surface area contributed by atoms with Crippen molar-refractivity contribution in [2.75, 3.05) is 12.4 Å². The van der Waals surface area contributed by atoms with Crippen molar-refractivity contribution in [2.24, 2.45) is 0 Å². The Labute approximate surface area is 117 Å². The van der Waals surface area contributed by atoms with E-state index in [1.54, 1.807) is 6.07 Å². The van der Waals surface area contributed by atoms with E-state index in [1.807, 2.05) is 18.3 Å². The van der Waals surface area contributed by atoms with E-state index in [0.717, 1.165) is 15.8 Å². The van der Waals surface area contributed by atoms with Crippen molar-refractivity contribution in [1.82, 2.24) is 10.3 Å². The molecule has 2 aromatic rings. The largest absolute Gasteiger partial charge is 0.453 e. The van der Waals surface area contributed by atoms with Crippen molar-refractivity contribution in [3.8, 4) is 0 Å². The summed E-state index contributed by atoms with van der Waals surface area (Å²) in [6.45, 7) is 1.85. The molecule has 0 aliphatic heterocycles. The number of carbonyl (C=O) groups is 2. The monoisotopic (exact) mass is 299 g/mol. The van der Waals surface area contributed by atoms with Crippen LogP contribution in [-0.4, -0.2) is 24.2 Å². The number of methoxy groups -OCH3 is 1. The number of nitrogens with zero attached hydrogens (tertiary/aromatic N) is 1. The van der Waals surface area contributed by atoms with Crippen LogP contribution in [0.1, 0.15) is 5.56 Å². The fourth-order valence-corrected chi connectivity index (χ4v) is 2.50. The number of nitrogens with one attached hydrogen (secondary N) is 2. The van der Waals surface area contributed by atoms with Crippen LogP contribution in [-0.2, 0) is 4.74 Å². The van der Waals surface area contributed by atoms with Gasteiger partial charge in [0, 0.05) is 5.02 Å². The molecule has 2 N–H and O–H groups in total. The maximum absolute atomic E-state index is 11.4. The molecular formula is C11H10ClN3O3S. The van der Waals surface area contributed by atoms with Gasteiger partial charge in [-0.05, 0) is 24.6 Å². The van der Waals surface area contributed by atoms with Gasteiger partial charge in [0.1, 0.15) is 0 Å². The molecule has 0 aliphatic rings. The number of hydrogen-bond acceptors (Lipinski definition) is 5. The van der Waals surface area contributed by atoms with E-state index in [4.69, 9.17) is 11.6 Å². The number of imide groups is 1. The summed E-state index contributed by atoms with van der Waals surface area (Å²) >= 11 is 7.28. The van der Waals surface area contributed by atoms with Gasteiger partial charge in [0.05, 0.1) is 17.3 Å². The second-order valence-corrected chi connectivity index (χ2v) is 5.05. The van der Waals surface area contributed by atoms with Crippen molar-refractivity contribution in [2.45, 2.75) is 6.92 Å². The first-order valence-electron chi connectivity index (χ1n) is 5.23. The number of hydrogen-bond donors (Lipinski definition) is 2. The van der Waals surface area contributed by atoms with E-state index in [9.17, 15) is 9.59 Å². The summed E-state index contributed by atoms with van der Waals surface area (Å²) in [4.78, 5) is 26.5. The molecule has 19 heavy (non-hydrogen) atoms. The SMILES string of the molecule is COC(=O)NC(=O)Nc1nc2c(C)c(Cl)ccc2s1. The number of benzene rings is 1. The Morgan fingerprint density at radius 3 is 2.84 bits per heavy atom. The van der Waals surface area contributed by atoms with E-state index in [1.165, 1.54) is 18.4 Å². The molecular weight excluding hydrogens is 290 g/mol. The Balaban J connectivity index is 2.20. The third-order valence-electron chi connectivity index (χ3n) is 2.37. The lowest BCUT2D eigenvalue weighted by molar-refractivity contribution is 0.172. The number of aryl methyl sites for hydroxylation is 1. The number of amides is 3. The first-order chi connectivity index (χ1) is 9.01. The molecule has 0 saturated heterocycles. The Bertz CT molecular complexity index is 656. The van der Waals surface area contributed by atoms with Crippen molar-refractivity contribution in [3.63, 3.8) is 0 Å². The second-order valence-electron chi connectivity index (χ2n) is 3.61. The van der Waals surface area contributed by atoms with E-state index in [0.29, 0.717) is 10.2 Å². The fraction of sp³-hybridized carbons (Fsp3) is 0.182. The molecule has 100 valence electrons. The highest BCUT2D eigenvalue weighted by atomic mass is 35.5. The summed E-state index contributed by atoms with van der Waals surface area (Å²) in [5, 5.41) is 5.43. The molecule has 0 aliphatic carbocycles. The minimum absolute atomic E-state index is 0.377. The normalized spacial score (nSPS) is 10.3. The Kier molecular flexibility index (Phi) is 3.87. The predicted octanol–water partition coefficient (Wildman–Crippen LogP) is 3.15. The van der Waals surface area contributed by atoms with Crippen LogP contribution in [0, 0.1) is 6.92 Å². The summed E-state index contributed by atoms with van der Waals surface area (Å²) in [5.74, 6) is 0. The number of anilines is 1. The Hall–Kier alpha value is -1.86. The summed E-state index contributed by atoms with van der Waals surface area (Å²) in [6.07, 6.45) is -0.835. The van der Waals surface area contributed by atoms with Crippen LogP contribution in [0.25, 0.3) is 10.2 Å². The minimum atomic E-state index is -0.835. The topological polar surface area (TPSA) is 80.3 Å². The molecule has 0 bridgehead atoms. The lowest BCUT2D eigenvalue weighted by Gasteiger charge is -2.01. The van der Waals surface area contributed by atoms with Gasteiger partial charge >= 0.3 is 12.1 Å². The van der Waals surface area contributed by atoms with Crippen LogP contribution < -0.4 is 10.6 Å². The maximum atomic E-state index is 11.4. The van der Waals surface area contributed by atoms with Gasteiger partial charge in [-0.1, -0.05) is 22.9 Å². The molecule has 1 aromatic heterocycles. The minimum Gasteiger partial charge on any atom is -0.453 e.